The first-order valence-electron chi connectivity index (χ1n) is 6.95. The Labute approximate surface area is 123 Å². The first-order valence-corrected chi connectivity index (χ1v) is 6.95. The van der Waals surface area contributed by atoms with Crippen molar-refractivity contribution in [1.29, 1.82) is 0 Å². The lowest BCUT2D eigenvalue weighted by atomic mass is 10.2. The number of aliphatic hydroxyl groups excluding tert-OH is 1. The lowest BCUT2D eigenvalue weighted by Gasteiger charge is -2.12. The summed E-state index contributed by atoms with van der Waals surface area (Å²) in [6.45, 7) is 2.39. The van der Waals surface area contributed by atoms with Crippen molar-refractivity contribution in [1.82, 2.24) is 9.55 Å². The van der Waals surface area contributed by atoms with E-state index < -0.39 is 6.10 Å². The lowest BCUT2D eigenvalue weighted by molar-refractivity contribution is 0.185. The van der Waals surface area contributed by atoms with E-state index in [1.54, 1.807) is 14.0 Å². The normalized spacial score (nSPS) is 12.5. The van der Waals surface area contributed by atoms with Crippen LogP contribution in [0.25, 0.3) is 11.0 Å². The number of aromatic nitrogens is 2. The summed E-state index contributed by atoms with van der Waals surface area (Å²) in [7, 11) is 1.66. The van der Waals surface area contributed by atoms with Crippen molar-refractivity contribution in [3.63, 3.8) is 0 Å². The van der Waals surface area contributed by atoms with Gasteiger partial charge in [0.1, 0.15) is 17.7 Å². The van der Waals surface area contributed by atoms with Gasteiger partial charge in [0.15, 0.2) is 0 Å². The zero-order valence-electron chi connectivity index (χ0n) is 12.2. The minimum absolute atomic E-state index is 0.608. The Bertz CT molecular complexity index is 762. The smallest absolute Gasteiger partial charge is 0.138 e. The van der Waals surface area contributed by atoms with E-state index >= 15 is 0 Å². The van der Waals surface area contributed by atoms with Crippen LogP contribution in [0.5, 0.6) is 5.75 Å². The van der Waals surface area contributed by atoms with Crippen molar-refractivity contribution < 1.29 is 9.84 Å². The molecule has 0 aliphatic carbocycles. The maximum atomic E-state index is 9.98. The molecule has 0 fully saturated rings. The van der Waals surface area contributed by atoms with E-state index in [0.717, 1.165) is 22.3 Å². The van der Waals surface area contributed by atoms with Crippen molar-refractivity contribution >= 4 is 11.0 Å². The number of imidazole rings is 1. The van der Waals surface area contributed by atoms with Gasteiger partial charge < -0.3 is 14.4 Å². The molecule has 0 aliphatic heterocycles. The third kappa shape index (κ3) is 2.62. The SMILES string of the molecule is COc1cccc(Cn2c(C(C)O)nc3ccccc32)c1. The summed E-state index contributed by atoms with van der Waals surface area (Å²) < 4.78 is 7.32. The Hall–Kier alpha value is -2.33. The van der Waals surface area contributed by atoms with Crippen molar-refractivity contribution in [3.8, 4) is 5.75 Å². The summed E-state index contributed by atoms with van der Waals surface area (Å²) in [5, 5.41) is 9.98. The van der Waals surface area contributed by atoms with Gasteiger partial charge in [-0.3, -0.25) is 0 Å². The highest BCUT2D eigenvalue weighted by molar-refractivity contribution is 5.76. The monoisotopic (exact) mass is 282 g/mol. The van der Waals surface area contributed by atoms with Crippen LogP contribution in [0.15, 0.2) is 48.5 Å². The fourth-order valence-electron chi connectivity index (χ4n) is 2.53. The third-order valence-electron chi connectivity index (χ3n) is 3.53. The zero-order chi connectivity index (χ0) is 14.8. The maximum Gasteiger partial charge on any atom is 0.138 e. The number of ether oxygens (including phenoxy) is 1. The Balaban J connectivity index is 2.08. The van der Waals surface area contributed by atoms with Gasteiger partial charge in [0.05, 0.1) is 18.1 Å². The van der Waals surface area contributed by atoms with Crippen LogP contribution in [-0.4, -0.2) is 21.8 Å². The molecule has 1 aromatic heterocycles. The molecule has 3 rings (SSSR count). The van der Waals surface area contributed by atoms with E-state index in [4.69, 9.17) is 4.74 Å². The number of benzene rings is 2. The second-order valence-electron chi connectivity index (χ2n) is 5.07. The molecule has 4 nitrogen and oxygen atoms in total. The van der Waals surface area contributed by atoms with Crippen molar-refractivity contribution in [2.75, 3.05) is 7.11 Å². The molecule has 4 heteroatoms. The number of para-hydroxylation sites is 2. The third-order valence-corrected chi connectivity index (χ3v) is 3.53. The Morgan fingerprint density at radius 1 is 1.19 bits per heavy atom. The van der Waals surface area contributed by atoms with Gasteiger partial charge in [0, 0.05) is 6.54 Å². The molecule has 0 amide bonds. The number of hydrogen-bond donors (Lipinski definition) is 1. The lowest BCUT2D eigenvalue weighted by Crippen LogP contribution is -2.08. The predicted molar refractivity (Wildman–Crippen MR) is 82.5 cm³/mol. The number of fused-ring (bicyclic) bond motifs is 1. The minimum Gasteiger partial charge on any atom is -0.497 e. The van der Waals surface area contributed by atoms with Crippen molar-refractivity contribution in [3.05, 3.63) is 59.9 Å². The molecular formula is C17H18N2O2. The molecule has 1 unspecified atom stereocenters. The quantitative estimate of drug-likeness (QED) is 0.799. The van der Waals surface area contributed by atoms with E-state index in [0.29, 0.717) is 12.4 Å². The molecule has 0 saturated heterocycles. The van der Waals surface area contributed by atoms with Gasteiger partial charge in [-0.1, -0.05) is 24.3 Å². The Morgan fingerprint density at radius 2 is 2.00 bits per heavy atom. The Morgan fingerprint density at radius 3 is 2.76 bits per heavy atom. The van der Waals surface area contributed by atoms with Gasteiger partial charge in [-0.25, -0.2) is 4.98 Å². The Kier molecular flexibility index (Phi) is 3.62. The topological polar surface area (TPSA) is 47.3 Å². The van der Waals surface area contributed by atoms with E-state index in [1.807, 2.05) is 48.5 Å². The van der Waals surface area contributed by atoms with Crippen molar-refractivity contribution in [2.24, 2.45) is 0 Å². The number of rotatable bonds is 4. The van der Waals surface area contributed by atoms with Crippen LogP contribution in [0.3, 0.4) is 0 Å². The van der Waals surface area contributed by atoms with Gasteiger partial charge in [-0.05, 0) is 36.8 Å². The molecule has 1 N–H and O–H groups in total. The van der Waals surface area contributed by atoms with E-state index in [9.17, 15) is 5.11 Å². The minimum atomic E-state index is -0.608. The molecule has 0 radical (unpaired) electrons. The first kappa shape index (κ1) is 13.6. The van der Waals surface area contributed by atoms with Crippen LogP contribution in [0.4, 0.5) is 0 Å². The summed E-state index contributed by atoms with van der Waals surface area (Å²) in [6.07, 6.45) is -0.608. The number of methoxy groups -OCH3 is 1. The maximum absolute atomic E-state index is 9.98. The highest BCUT2D eigenvalue weighted by Crippen LogP contribution is 2.23. The van der Waals surface area contributed by atoms with Gasteiger partial charge in [0.25, 0.3) is 0 Å². The standard InChI is InChI=1S/C17H18N2O2/c1-12(20)17-18-15-8-3-4-9-16(15)19(17)11-13-6-5-7-14(10-13)21-2/h3-10,12,20H,11H2,1-2H3. The molecule has 1 atom stereocenters. The van der Waals surface area contributed by atoms with Crippen LogP contribution in [0, 0.1) is 0 Å². The van der Waals surface area contributed by atoms with Crippen LogP contribution < -0.4 is 4.74 Å². The summed E-state index contributed by atoms with van der Waals surface area (Å²) in [4.78, 5) is 4.53. The summed E-state index contributed by atoms with van der Waals surface area (Å²) in [5.74, 6) is 1.51. The van der Waals surface area contributed by atoms with Crippen LogP contribution in [0.1, 0.15) is 24.4 Å². The summed E-state index contributed by atoms with van der Waals surface area (Å²) in [6, 6.07) is 15.9. The highest BCUT2D eigenvalue weighted by atomic mass is 16.5. The van der Waals surface area contributed by atoms with Crippen LogP contribution in [-0.2, 0) is 6.54 Å². The molecular weight excluding hydrogens is 264 g/mol. The average Bonchev–Trinajstić information content (AvgIpc) is 2.87. The number of hydrogen-bond acceptors (Lipinski definition) is 3. The number of aliphatic hydroxyl groups is 1. The van der Waals surface area contributed by atoms with Gasteiger partial charge in [-0.15, -0.1) is 0 Å². The molecule has 0 saturated carbocycles. The van der Waals surface area contributed by atoms with E-state index in [-0.39, 0.29) is 0 Å². The molecule has 3 aromatic rings. The average molecular weight is 282 g/mol. The van der Waals surface area contributed by atoms with Gasteiger partial charge >= 0.3 is 0 Å². The van der Waals surface area contributed by atoms with Crippen molar-refractivity contribution in [2.45, 2.75) is 19.6 Å². The van der Waals surface area contributed by atoms with Crippen LogP contribution >= 0.6 is 0 Å². The van der Waals surface area contributed by atoms with Gasteiger partial charge in [-0.2, -0.15) is 0 Å². The molecule has 108 valence electrons. The van der Waals surface area contributed by atoms with E-state index in [2.05, 4.69) is 9.55 Å². The molecule has 0 aliphatic rings. The fraction of sp³-hybridized carbons (Fsp3) is 0.235. The van der Waals surface area contributed by atoms with Gasteiger partial charge in [0.2, 0.25) is 0 Å². The molecule has 0 bridgehead atoms. The molecule has 2 aromatic carbocycles. The zero-order valence-corrected chi connectivity index (χ0v) is 12.2. The fourth-order valence-corrected chi connectivity index (χ4v) is 2.53. The van der Waals surface area contributed by atoms with E-state index in [1.165, 1.54) is 0 Å². The first-order chi connectivity index (χ1) is 10.2. The predicted octanol–water partition coefficient (Wildman–Crippen LogP) is 3.15. The largest absolute Gasteiger partial charge is 0.497 e. The molecule has 1 heterocycles. The second kappa shape index (κ2) is 5.58. The summed E-state index contributed by atoms with van der Waals surface area (Å²) >= 11 is 0. The molecule has 0 spiro atoms. The second-order valence-corrected chi connectivity index (χ2v) is 5.07. The van der Waals surface area contributed by atoms with Crippen LogP contribution in [0.2, 0.25) is 0 Å². The number of nitrogens with zero attached hydrogens (tertiary/aromatic N) is 2. The molecule has 21 heavy (non-hydrogen) atoms. The highest BCUT2D eigenvalue weighted by Gasteiger charge is 2.14. The summed E-state index contributed by atoms with van der Waals surface area (Å²) in [5.41, 5.74) is 3.03.